The number of rotatable bonds is 6. The van der Waals surface area contributed by atoms with Gasteiger partial charge in [0.25, 0.3) is 0 Å². The minimum Gasteiger partial charge on any atom is -0.480 e. The molecule has 1 aliphatic rings. The number of carbonyl (C=O) groups is 1. The Morgan fingerprint density at radius 2 is 2.25 bits per heavy atom. The number of aromatic nitrogens is 2. The number of aliphatic hydroxyl groups excluding tert-OH is 3. The zero-order valence-corrected chi connectivity index (χ0v) is 10.5. The van der Waals surface area contributed by atoms with E-state index in [0.29, 0.717) is 5.69 Å². The van der Waals surface area contributed by atoms with E-state index >= 15 is 0 Å². The van der Waals surface area contributed by atoms with Crippen LogP contribution in [0.4, 0.5) is 0 Å². The second-order valence-electron chi connectivity index (χ2n) is 4.60. The van der Waals surface area contributed by atoms with Crippen LogP contribution in [0.15, 0.2) is 12.5 Å². The smallest absolute Gasteiger partial charge is 0.321 e. The first-order valence-electron chi connectivity index (χ1n) is 6.11. The van der Waals surface area contributed by atoms with Crippen LogP contribution in [0.2, 0.25) is 0 Å². The summed E-state index contributed by atoms with van der Waals surface area (Å²) >= 11 is 0. The molecule has 0 bridgehead atoms. The van der Waals surface area contributed by atoms with E-state index in [2.05, 4.69) is 15.3 Å². The zero-order valence-electron chi connectivity index (χ0n) is 10.5. The second-order valence-corrected chi connectivity index (χ2v) is 4.60. The van der Waals surface area contributed by atoms with Crippen molar-refractivity contribution in [3.63, 3.8) is 0 Å². The van der Waals surface area contributed by atoms with Gasteiger partial charge in [0.2, 0.25) is 0 Å². The van der Waals surface area contributed by atoms with Gasteiger partial charge in [-0.2, -0.15) is 0 Å². The van der Waals surface area contributed by atoms with Crippen molar-refractivity contribution in [2.24, 2.45) is 0 Å². The van der Waals surface area contributed by atoms with Crippen molar-refractivity contribution in [2.75, 3.05) is 6.61 Å². The van der Waals surface area contributed by atoms with Crippen LogP contribution in [0.5, 0.6) is 0 Å². The molecule has 0 amide bonds. The van der Waals surface area contributed by atoms with Crippen molar-refractivity contribution >= 4 is 5.97 Å². The summed E-state index contributed by atoms with van der Waals surface area (Å²) in [5.41, 5.74) is 0.608. The average Bonchev–Trinajstić information content (AvgIpc) is 3.01. The van der Waals surface area contributed by atoms with Gasteiger partial charge in [0.05, 0.1) is 12.9 Å². The second kappa shape index (κ2) is 6.29. The number of aliphatic hydroxyl groups is 3. The van der Waals surface area contributed by atoms with Crippen LogP contribution < -0.4 is 5.32 Å². The number of carboxylic acid groups (broad SMARTS) is 1. The van der Waals surface area contributed by atoms with Crippen LogP contribution in [0.3, 0.4) is 0 Å². The van der Waals surface area contributed by atoms with E-state index in [0.717, 1.165) is 0 Å². The van der Waals surface area contributed by atoms with Gasteiger partial charge in [-0.25, -0.2) is 4.98 Å². The summed E-state index contributed by atoms with van der Waals surface area (Å²) in [5.74, 6) is -1.13. The Hall–Kier alpha value is -1.52. The number of aliphatic carboxylic acids is 1. The van der Waals surface area contributed by atoms with Crippen molar-refractivity contribution in [1.29, 1.82) is 0 Å². The number of aromatic amines is 1. The van der Waals surface area contributed by atoms with Crippen LogP contribution in [0, 0.1) is 0 Å². The molecule has 5 atom stereocenters. The van der Waals surface area contributed by atoms with Gasteiger partial charge in [0.1, 0.15) is 30.6 Å². The van der Waals surface area contributed by atoms with Crippen LogP contribution in [-0.2, 0) is 16.0 Å². The molecule has 2 rings (SSSR count). The Labute approximate surface area is 114 Å². The fourth-order valence-corrected chi connectivity index (χ4v) is 2.07. The molecule has 112 valence electrons. The summed E-state index contributed by atoms with van der Waals surface area (Å²) in [6.45, 7) is -0.464. The predicted molar refractivity (Wildman–Crippen MR) is 64.6 cm³/mol. The molecular formula is C11H17N3O6. The number of hydrogen-bond acceptors (Lipinski definition) is 7. The number of nitrogens with zero attached hydrogens (tertiary/aromatic N) is 1. The largest absolute Gasteiger partial charge is 0.480 e. The maximum absolute atomic E-state index is 11.2. The first-order valence-corrected chi connectivity index (χ1v) is 6.11. The SMILES string of the molecule is O=C(O)C(Cc1cnc[nH]1)NC1OC(CO)C(O)C1O. The molecule has 1 aromatic rings. The number of nitrogens with one attached hydrogen (secondary N) is 2. The van der Waals surface area contributed by atoms with E-state index in [1.165, 1.54) is 12.5 Å². The molecule has 0 spiro atoms. The van der Waals surface area contributed by atoms with Gasteiger partial charge in [-0.15, -0.1) is 0 Å². The third-order valence-corrected chi connectivity index (χ3v) is 3.18. The molecule has 9 heteroatoms. The lowest BCUT2D eigenvalue weighted by Gasteiger charge is -2.21. The summed E-state index contributed by atoms with van der Waals surface area (Å²) < 4.78 is 5.18. The average molecular weight is 287 g/mol. The Kier molecular flexibility index (Phi) is 4.68. The first-order chi connectivity index (χ1) is 9.52. The van der Waals surface area contributed by atoms with Gasteiger partial charge in [0, 0.05) is 18.3 Å². The normalized spacial score (nSPS) is 31.4. The van der Waals surface area contributed by atoms with Crippen molar-refractivity contribution in [3.8, 4) is 0 Å². The molecule has 1 aliphatic heterocycles. The Morgan fingerprint density at radius 3 is 2.75 bits per heavy atom. The molecule has 0 aromatic carbocycles. The highest BCUT2D eigenvalue weighted by atomic mass is 16.6. The van der Waals surface area contributed by atoms with Gasteiger partial charge < -0.3 is 30.1 Å². The van der Waals surface area contributed by atoms with Gasteiger partial charge in [-0.3, -0.25) is 10.1 Å². The molecule has 20 heavy (non-hydrogen) atoms. The van der Waals surface area contributed by atoms with Crippen molar-refractivity contribution in [2.45, 2.75) is 37.0 Å². The van der Waals surface area contributed by atoms with Crippen LogP contribution >= 0.6 is 0 Å². The molecular weight excluding hydrogens is 270 g/mol. The van der Waals surface area contributed by atoms with Crippen LogP contribution in [0.25, 0.3) is 0 Å². The monoisotopic (exact) mass is 287 g/mol. The van der Waals surface area contributed by atoms with Crippen molar-refractivity contribution in [1.82, 2.24) is 15.3 Å². The van der Waals surface area contributed by atoms with Crippen molar-refractivity contribution in [3.05, 3.63) is 18.2 Å². The summed E-state index contributed by atoms with van der Waals surface area (Å²) in [7, 11) is 0. The first kappa shape index (κ1) is 14.9. The number of imidazole rings is 1. The van der Waals surface area contributed by atoms with Gasteiger partial charge >= 0.3 is 5.97 Å². The molecule has 5 unspecified atom stereocenters. The molecule has 0 saturated carbocycles. The van der Waals surface area contributed by atoms with Crippen LogP contribution in [-0.4, -0.2) is 73.6 Å². The number of ether oxygens (including phenoxy) is 1. The minimum absolute atomic E-state index is 0.113. The summed E-state index contributed by atoms with van der Waals surface area (Å²) in [6.07, 6.45) is -1.54. The van der Waals surface area contributed by atoms with Gasteiger partial charge in [-0.05, 0) is 0 Å². The molecule has 1 fully saturated rings. The highest BCUT2D eigenvalue weighted by Crippen LogP contribution is 2.20. The fourth-order valence-electron chi connectivity index (χ4n) is 2.07. The maximum Gasteiger partial charge on any atom is 0.321 e. The van der Waals surface area contributed by atoms with Crippen molar-refractivity contribution < 1.29 is 30.0 Å². The topological polar surface area (TPSA) is 148 Å². The summed E-state index contributed by atoms with van der Waals surface area (Å²) in [5, 5.41) is 40.1. The predicted octanol–water partition coefficient (Wildman–Crippen LogP) is -2.57. The fraction of sp³-hybridized carbons (Fsp3) is 0.636. The lowest BCUT2D eigenvalue weighted by molar-refractivity contribution is -0.141. The number of carboxylic acids is 1. The molecule has 9 nitrogen and oxygen atoms in total. The Balaban J connectivity index is 2.00. The van der Waals surface area contributed by atoms with Gasteiger partial charge in [-0.1, -0.05) is 0 Å². The third kappa shape index (κ3) is 3.14. The molecule has 2 heterocycles. The number of hydrogen-bond donors (Lipinski definition) is 6. The minimum atomic E-state index is -1.31. The highest BCUT2D eigenvalue weighted by Gasteiger charge is 2.43. The highest BCUT2D eigenvalue weighted by molar-refractivity contribution is 5.73. The summed E-state index contributed by atoms with van der Waals surface area (Å²) in [6, 6.07) is -1.03. The van der Waals surface area contributed by atoms with E-state index in [1.54, 1.807) is 0 Å². The molecule has 1 aromatic heterocycles. The Morgan fingerprint density at radius 1 is 1.50 bits per heavy atom. The van der Waals surface area contributed by atoms with E-state index in [9.17, 15) is 15.0 Å². The third-order valence-electron chi connectivity index (χ3n) is 3.18. The number of H-pyrrole nitrogens is 1. The Bertz CT molecular complexity index is 439. The lowest BCUT2D eigenvalue weighted by Crippen LogP contribution is -2.49. The molecule has 0 aliphatic carbocycles. The molecule has 0 radical (unpaired) electrons. The van der Waals surface area contributed by atoms with E-state index in [1.807, 2.05) is 0 Å². The zero-order chi connectivity index (χ0) is 14.7. The molecule has 1 saturated heterocycles. The lowest BCUT2D eigenvalue weighted by atomic mass is 10.1. The van der Waals surface area contributed by atoms with E-state index in [-0.39, 0.29) is 6.42 Å². The van der Waals surface area contributed by atoms with E-state index < -0.39 is 43.2 Å². The molecule has 6 N–H and O–H groups in total. The quantitative estimate of drug-likeness (QED) is 0.334. The maximum atomic E-state index is 11.2. The van der Waals surface area contributed by atoms with E-state index in [4.69, 9.17) is 14.9 Å². The standard InChI is InChI=1S/C11H17N3O6/c15-3-7-8(16)9(17)10(20-7)14-6(11(18)19)1-5-2-12-4-13-5/h2,4,6-10,14-17H,1,3H2,(H,12,13)(H,18,19). The van der Waals surface area contributed by atoms with Gasteiger partial charge in [0.15, 0.2) is 0 Å². The van der Waals surface area contributed by atoms with Crippen LogP contribution in [0.1, 0.15) is 5.69 Å². The summed E-state index contributed by atoms with van der Waals surface area (Å²) in [4.78, 5) is 17.8.